The topological polar surface area (TPSA) is 57.6 Å². The zero-order chi connectivity index (χ0) is 11.9. The number of benzene rings is 1. The first-order chi connectivity index (χ1) is 8.24. The van der Waals surface area contributed by atoms with Crippen LogP contribution >= 0.6 is 0 Å². The summed E-state index contributed by atoms with van der Waals surface area (Å²) in [6, 6.07) is 8.18. The van der Waals surface area contributed by atoms with Crippen LogP contribution in [-0.2, 0) is 16.8 Å². The molecular formula is C13H14N2O2. The van der Waals surface area contributed by atoms with Gasteiger partial charge in [0.25, 0.3) is 0 Å². The molecular weight excluding hydrogens is 216 g/mol. The summed E-state index contributed by atoms with van der Waals surface area (Å²) in [6.45, 7) is 2.54. The molecule has 0 fully saturated rings. The van der Waals surface area contributed by atoms with Gasteiger partial charge in [-0.25, -0.2) is 0 Å². The maximum atomic E-state index is 8.76. The minimum Gasteiger partial charge on any atom is -0.411 e. The molecule has 0 spiro atoms. The molecule has 0 amide bonds. The predicted molar refractivity (Wildman–Crippen MR) is 65.6 cm³/mol. The number of nitrogens with zero attached hydrogens (tertiary/aromatic N) is 1. The lowest BCUT2D eigenvalue weighted by atomic mass is 9.94. The molecule has 0 bridgehead atoms. The Hall–Kier alpha value is -1.81. The van der Waals surface area contributed by atoms with Gasteiger partial charge >= 0.3 is 0 Å². The highest BCUT2D eigenvalue weighted by atomic mass is 16.5. The SMILES string of the molecule is CC1(/C=N/O)OCCc2c1[nH]c1ccccc21. The number of ether oxygens (including phenoxy) is 1. The zero-order valence-corrected chi connectivity index (χ0v) is 9.60. The highest BCUT2D eigenvalue weighted by Gasteiger charge is 2.34. The number of aromatic nitrogens is 1. The van der Waals surface area contributed by atoms with Crippen molar-refractivity contribution in [2.45, 2.75) is 18.9 Å². The fourth-order valence-corrected chi connectivity index (χ4v) is 2.53. The van der Waals surface area contributed by atoms with E-state index in [9.17, 15) is 0 Å². The van der Waals surface area contributed by atoms with E-state index in [1.807, 2.05) is 25.1 Å². The fraction of sp³-hybridized carbons (Fsp3) is 0.308. The molecule has 0 saturated carbocycles. The van der Waals surface area contributed by atoms with E-state index in [1.165, 1.54) is 17.2 Å². The lowest BCUT2D eigenvalue weighted by Crippen LogP contribution is -2.34. The van der Waals surface area contributed by atoms with Gasteiger partial charge < -0.3 is 14.9 Å². The van der Waals surface area contributed by atoms with Gasteiger partial charge in [0.05, 0.1) is 18.5 Å². The van der Waals surface area contributed by atoms with Crippen molar-refractivity contribution in [2.24, 2.45) is 5.16 Å². The molecule has 2 aromatic rings. The Morgan fingerprint density at radius 3 is 3.12 bits per heavy atom. The Kier molecular flexibility index (Phi) is 2.19. The van der Waals surface area contributed by atoms with E-state index in [0.29, 0.717) is 6.61 Å². The summed E-state index contributed by atoms with van der Waals surface area (Å²) in [5, 5.41) is 13.1. The number of nitrogens with one attached hydrogen (secondary N) is 1. The summed E-state index contributed by atoms with van der Waals surface area (Å²) in [6.07, 6.45) is 2.31. The van der Waals surface area contributed by atoms with Gasteiger partial charge in [0.15, 0.2) is 0 Å². The van der Waals surface area contributed by atoms with Gasteiger partial charge in [0, 0.05) is 10.9 Å². The molecule has 2 heterocycles. The van der Waals surface area contributed by atoms with Gasteiger partial charge in [-0.1, -0.05) is 23.4 Å². The van der Waals surface area contributed by atoms with Crippen LogP contribution in [0.1, 0.15) is 18.2 Å². The van der Waals surface area contributed by atoms with Crippen molar-refractivity contribution in [1.82, 2.24) is 4.98 Å². The molecule has 1 unspecified atom stereocenters. The van der Waals surface area contributed by atoms with Crippen LogP contribution in [0.2, 0.25) is 0 Å². The second-order valence-electron chi connectivity index (χ2n) is 4.47. The molecule has 0 saturated heterocycles. The van der Waals surface area contributed by atoms with Gasteiger partial charge in [-0.05, 0) is 25.0 Å². The number of fused-ring (bicyclic) bond motifs is 3. The first-order valence-electron chi connectivity index (χ1n) is 5.67. The fourth-order valence-electron chi connectivity index (χ4n) is 2.53. The van der Waals surface area contributed by atoms with E-state index in [0.717, 1.165) is 17.6 Å². The van der Waals surface area contributed by atoms with E-state index in [4.69, 9.17) is 9.94 Å². The molecule has 0 aliphatic carbocycles. The molecule has 1 aromatic carbocycles. The molecule has 1 aromatic heterocycles. The van der Waals surface area contributed by atoms with E-state index in [-0.39, 0.29) is 0 Å². The number of hydrogen-bond donors (Lipinski definition) is 2. The molecule has 88 valence electrons. The molecule has 2 N–H and O–H groups in total. The summed E-state index contributed by atoms with van der Waals surface area (Å²) in [5.41, 5.74) is 2.68. The van der Waals surface area contributed by atoms with Crippen molar-refractivity contribution in [2.75, 3.05) is 6.61 Å². The Bertz CT molecular complexity index is 588. The highest BCUT2D eigenvalue weighted by Crippen LogP contribution is 2.35. The van der Waals surface area contributed by atoms with Crippen molar-refractivity contribution < 1.29 is 9.94 Å². The summed E-state index contributed by atoms with van der Waals surface area (Å²) in [7, 11) is 0. The third-order valence-corrected chi connectivity index (χ3v) is 3.37. The van der Waals surface area contributed by atoms with Gasteiger partial charge in [-0.3, -0.25) is 0 Å². The monoisotopic (exact) mass is 230 g/mol. The summed E-state index contributed by atoms with van der Waals surface area (Å²) >= 11 is 0. The molecule has 4 heteroatoms. The van der Waals surface area contributed by atoms with Crippen LogP contribution in [0.4, 0.5) is 0 Å². The molecule has 3 rings (SSSR count). The van der Waals surface area contributed by atoms with Crippen molar-refractivity contribution >= 4 is 17.1 Å². The minimum atomic E-state index is -0.665. The number of para-hydroxylation sites is 1. The average molecular weight is 230 g/mol. The molecule has 1 atom stereocenters. The predicted octanol–water partition coefficient (Wildman–Crippen LogP) is 2.42. The lowest BCUT2D eigenvalue weighted by Gasteiger charge is -2.30. The minimum absolute atomic E-state index is 0.636. The number of aromatic amines is 1. The van der Waals surface area contributed by atoms with Crippen molar-refractivity contribution in [3.05, 3.63) is 35.5 Å². The standard InChI is InChI=1S/C13H14N2O2/c1-13(8-14-16)12-10(6-7-17-13)9-4-2-3-5-11(9)15-12/h2-5,8,15-16H,6-7H2,1H3/b14-8+. The van der Waals surface area contributed by atoms with Crippen LogP contribution in [-0.4, -0.2) is 23.0 Å². The van der Waals surface area contributed by atoms with E-state index >= 15 is 0 Å². The van der Waals surface area contributed by atoms with Crippen LogP contribution in [0.25, 0.3) is 10.9 Å². The molecule has 4 nitrogen and oxygen atoms in total. The number of H-pyrrole nitrogens is 1. The van der Waals surface area contributed by atoms with E-state index < -0.39 is 5.60 Å². The smallest absolute Gasteiger partial charge is 0.143 e. The van der Waals surface area contributed by atoms with Crippen LogP contribution in [0.15, 0.2) is 29.4 Å². The second-order valence-corrected chi connectivity index (χ2v) is 4.47. The second kappa shape index (κ2) is 3.60. The van der Waals surface area contributed by atoms with Crippen LogP contribution < -0.4 is 0 Å². The number of oxime groups is 1. The van der Waals surface area contributed by atoms with Crippen LogP contribution in [0, 0.1) is 0 Å². The Morgan fingerprint density at radius 1 is 1.47 bits per heavy atom. The quantitative estimate of drug-likeness (QED) is 0.449. The third-order valence-electron chi connectivity index (χ3n) is 3.37. The first kappa shape index (κ1) is 10.4. The largest absolute Gasteiger partial charge is 0.411 e. The van der Waals surface area contributed by atoms with Crippen molar-refractivity contribution in [1.29, 1.82) is 0 Å². The lowest BCUT2D eigenvalue weighted by molar-refractivity contribution is 0.00735. The van der Waals surface area contributed by atoms with Crippen LogP contribution in [0.3, 0.4) is 0 Å². The van der Waals surface area contributed by atoms with Crippen molar-refractivity contribution in [3.8, 4) is 0 Å². The Labute approximate surface area is 98.9 Å². The summed E-state index contributed by atoms with van der Waals surface area (Å²) in [5.74, 6) is 0. The summed E-state index contributed by atoms with van der Waals surface area (Å²) < 4.78 is 5.72. The van der Waals surface area contributed by atoms with E-state index in [2.05, 4.69) is 16.2 Å². The van der Waals surface area contributed by atoms with Gasteiger partial charge in [0.2, 0.25) is 0 Å². The molecule has 0 radical (unpaired) electrons. The molecule has 1 aliphatic rings. The van der Waals surface area contributed by atoms with Crippen LogP contribution in [0.5, 0.6) is 0 Å². The van der Waals surface area contributed by atoms with Gasteiger partial charge in [-0.15, -0.1) is 0 Å². The normalized spacial score (nSPS) is 24.3. The maximum Gasteiger partial charge on any atom is 0.143 e. The van der Waals surface area contributed by atoms with E-state index in [1.54, 1.807) is 0 Å². The Morgan fingerprint density at radius 2 is 2.29 bits per heavy atom. The molecule has 17 heavy (non-hydrogen) atoms. The average Bonchev–Trinajstić information content (AvgIpc) is 2.70. The first-order valence-corrected chi connectivity index (χ1v) is 5.67. The van der Waals surface area contributed by atoms with Gasteiger partial charge in [-0.2, -0.15) is 0 Å². The Balaban J connectivity index is 2.27. The van der Waals surface area contributed by atoms with Crippen molar-refractivity contribution in [3.63, 3.8) is 0 Å². The van der Waals surface area contributed by atoms with Gasteiger partial charge in [0.1, 0.15) is 5.60 Å². The number of rotatable bonds is 1. The number of hydrogen-bond acceptors (Lipinski definition) is 3. The molecule has 1 aliphatic heterocycles. The third kappa shape index (κ3) is 1.45. The zero-order valence-electron chi connectivity index (χ0n) is 9.60. The summed E-state index contributed by atoms with van der Waals surface area (Å²) in [4.78, 5) is 3.36. The highest BCUT2D eigenvalue weighted by molar-refractivity contribution is 5.87. The maximum absolute atomic E-state index is 8.76.